The molecule has 3 aliphatic rings. The first-order chi connectivity index (χ1) is 17.7. The monoisotopic (exact) mass is 486 g/mol. The van der Waals surface area contributed by atoms with Crippen LogP contribution in [0.4, 0.5) is 21.9 Å². The molecule has 1 unspecified atom stereocenters. The molecule has 2 N–H and O–H groups in total. The van der Waals surface area contributed by atoms with Crippen LogP contribution < -0.4 is 19.9 Å². The molecule has 36 heavy (non-hydrogen) atoms. The number of carbonyl (C=O) groups is 2. The number of aromatic amines is 1. The van der Waals surface area contributed by atoms with Crippen molar-refractivity contribution in [2.45, 2.75) is 31.2 Å². The lowest BCUT2D eigenvalue weighted by atomic mass is 10.0. The van der Waals surface area contributed by atoms with Gasteiger partial charge in [-0.15, -0.1) is 0 Å². The second kappa shape index (κ2) is 9.56. The number of amides is 3. The normalized spacial score (nSPS) is 19.2. The van der Waals surface area contributed by atoms with Crippen LogP contribution in [0.15, 0.2) is 60.9 Å². The van der Waals surface area contributed by atoms with Crippen molar-refractivity contribution >= 4 is 29.0 Å². The fourth-order valence-corrected chi connectivity index (χ4v) is 5.08. The topological polar surface area (TPSA) is 93.8 Å². The highest BCUT2D eigenvalue weighted by Crippen LogP contribution is 2.39. The number of ether oxygens (including phenoxy) is 1. The van der Waals surface area contributed by atoms with Crippen LogP contribution in [0.5, 0.6) is 5.75 Å². The van der Waals surface area contributed by atoms with Crippen LogP contribution in [0.25, 0.3) is 0 Å². The van der Waals surface area contributed by atoms with E-state index in [0.29, 0.717) is 37.3 Å². The molecule has 3 aromatic rings. The second-order valence-electron chi connectivity index (χ2n) is 9.67. The molecular weight excluding hydrogens is 456 g/mol. The predicted octanol–water partition coefficient (Wildman–Crippen LogP) is 3.63. The Morgan fingerprint density at radius 3 is 2.69 bits per heavy atom. The van der Waals surface area contributed by atoms with Gasteiger partial charge in [-0.2, -0.15) is 5.10 Å². The Balaban J connectivity index is 1.17. The number of nitrogens with one attached hydrogen (secondary N) is 2. The largest absolute Gasteiger partial charge is 0.484 e. The van der Waals surface area contributed by atoms with E-state index in [0.717, 1.165) is 48.4 Å². The van der Waals surface area contributed by atoms with E-state index in [1.54, 1.807) is 0 Å². The SMILES string of the molecule is O=C(COc1cccc(N2CCN(C(=O)N3CCC(c4cn[nH]c4)C3)c3ccccc32)c1)NC1CC1. The van der Waals surface area contributed by atoms with E-state index in [-0.39, 0.29) is 18.5 Å². The first-order valence-electron chi connectivity index (χ1n) is 12.6. The van der Waals surface area contributed by atoms with Gasteiger partial charge in [-0.3, -0.25) is 14.8 Å². The van der Waals surface area contributed by atoms with Crippen molar-refractivity contribution in [2.75, 3.05) is 42.6 Å². The minimum Gasteiger partial charge on any atom is -0.484 e. The molecule has 9 nitrogen and oxygen atoms in total. The van der Waals surface area contributed by atoms with E-state index < -0.39 is 0 Å². The lowest BCUT2D eigenvalue weighted by Gasteiger charge is -2.39. The van der Waals surface area contributed by atoms with Crippen molar-refractivity contribution in [3.05, 3.63) is 66.5 Å². The number of benzene rings is 2. The van der Waals surface area contributed by atoms with Gasteiger partial charge in [0.15, 0.2) is 6.61 Å². The summed E-state index contributed by atoms with van der Waals surface area (Å²) < 4.78 is 5.77. The van der Waals surface area contributed by atoms with Crippen molar-refractivity contribution in [1.82, 2.24) is 20.4 Å². The number of urea groups is 1. The molecule has 1 aromatic heterocycles. The highest BCUT2D eigenvalue weighted by atomic mass is 16.5. The minimum absolute atomic E-state index is 0.00840. The maximum Gasteiger partial charge on any atom is 0.324 e. The summed E-state index contributed by atoms with van der Waals surface area (Å²) >= 11 is 0. The van der Waals surface area contributed by atoms with Crippen molar-refractivity contribution in [1.29, 1.82) is 0 Å². The summed E-state index contributed by atoms with van der Waals surface area (Å²) in [6, 6.07) is 16.2. The third-order valence-electron chi connectivity index (χ3n) is 7.13. The van der Waals surface area contributed by atoms with Gasteiger partial charge < -0.3 is 19.9 Å². The van der Waals surface area contributed by atoms with Crippen LogP contribution in [0, 0.1) is 0 Å². The number of aromatic nitrogens is 2. The average molecular weight is 487 g/mol. The summed E-state index contributed by atoms with van der Waals surface area (Å²) in [6.07, 6.45) is 6.82. The summed E-state index contributed by atoms with van der Waals surface area (Å²) in [6.45, 7) is 2.69. The molecule has 1 saturated carbocycles. The molecular formula is C27H30N6O3. The molecule has 0 bridgehead atoms. The lowest BCUT2D eigenvalue weighted by Crippen LogP contribution is -2.48. The molecule has 1 saturated heterocycles. The first kappa shape index (κ1) is 22.5. The highest BCUT2D eigenvalue weighted by Gasteiger charge is 2.34. The summed E-state index contributed by atoms with van der Waals surface area (Å²) in [7, 11) is 0. The van der Waals surface area contributed by atoms with Crippen LogP contribution in [0.2, 0.25) is 0 Å². The number of likely N-dealkylation sites (tertiary alicyclic amines) is 1. The lowest BCUT2D eigenvalue weighted by molar-refractivity contribution is -0.123. The predicted molar refractivity (Wildman–Crippen MR) is 137 cm³/mol. The number of carbonyl (C=O) groups excluding carboxylic acids is 2. The Morgan fingerprint density at radius 2 is 1.89 bits per heavy atom. The molecule has 186 valence electrons. The Hall–Kier alpha value is -4.01. The molecule has 2 aromatic carbocycles. The van der Waals surface area contributed by atoms with Crippen LogP contribution >= 0.6 is 0 Å². The fourth-order valence-electron chi connectivity index (χ4n) is 5.08. The highest BCUT2D eigenvalue weighted by molar-refractivity contribution is 5.98. The average Bonchev–Trinajstić information content (AvgIpc) is 3.34. The zero-order valence-corrected chi connectivity index (χ0v) is 20.1. The fraction of sp³-hybridized carbons (Fsp3) is 0.370. The van der Waals surface area contributed by atoms with Gasteiger partial charge in [-0.1, -0.05) is 18.2 Å². The van der Waals surface area contributed by atoms with Gasteiger partial charge in [0.2, 0.25) is 0 Å². The van der Waals surface area contributed by atoms with Gasteiger partial charge >= 0.3 is 6.03 Å². The molecule has 3 heterocycles. The van der Waals surface area contributed by atoms with E-state index in [2.05, 4.69) is 20.4 Å². The van der Waals surface area contributed by atoms with Crippen molar-refractivity contribution in [3.8, 4) is 5.75 Å². The second-order valence-corrected chi connectivity index (χ2v) is 9.67. The van der Waals surface area contributed by atoms with E-state index in [4.69, 9.17) is 4.74 Å². The van der Waals surface area contributed by atoms with Crippen LogP contribution in [0.1, 0.15) is 30.7 Å². The van der Waals surface area contributed by atoms with Crippen LogP contribution in [-0.4, -0.2) is 65.9 Å². The molecule has 0 spiro atoms. The number of anilines is 3. The standard InChI is InChI=1S/C27H30N6O3/c34-26(30-21-8-9-21)18-36-23-5-3-4-22(14-23)32-12-13-33(25-7-2-1-6-24(25)32)27(35)31-11-10-19(17-31)20-15-28-29-16-20/h1-7,14-16,19,21H,8-13,17-18H2,(H,28,29)(H,30,34). The minimum atomic E-state index is -0.0858. The van der Waals surface area contributed by atoms with E-state index in [1.165, 1.54) is 0 Å². The number of rotatable bonds is 6. The Kier molecular flexibility index (Phi) is 5.96. The van der Waals surface area contributed by atoms with Crippen LogP contribution in [0.3, 0.4) is 0 Å². The summed E-state index contributed by atoms with van der Waals surface area (Å²) in [4.78, 5) is 31.6. The zero-order chi connectivity index (χ0) is 24.5. The number of fused-ring (bicyclic) bond motifs is 1. The number of H-pyrrole nitrogens is 1. The molecule has 1 atom stereocenters. The molecule has 3 amide bonds. The zero-order valence-electron chi connectivity index (χ0n) is 20.1. The third-order valence-corrected chi connectivity index (χ3v) is 7.13. The number of para-hydroxylation sites is 2. The molecule has 2 aliphatic heterocycles. The summed E-state index contributed by atoms with van der Waals surface area (Å²) in [5.74, 6) is 0.882. The Labute approximate surface area is 210 Å². The van der Waals surface area contributed by atoms with Crippen molar-refractivity contribution in [3.63, 3.8) is 0 Å². The Morgan fingerprint density at radius 1 is 1.03 bits per heavy atom. The summed E-state index contributed by atoms with van der Waals surface area (Å²) in [5.41, 5.74) is 4.00. The Bertz CT molecular complexity index is 1240. The van der Waals surface area contributed by atoms with Gasteiger partial charge in [0, 0.05) is 56.1 Å². The van der Waals surface area contributed by atoms with Gasteiger partial charge in [0.25, 0.3) is 5.91 Å². The molecule has 1 aliphatic carbocycles. The van der Waals surface area contributed by atoms with Crippen molar-refractivity contribution < 1.29 is 14.3 Å². The van der Waals surface area contributed by atoms with Gasteiger partial charge in [-0.05, 0) is 49.1 Å². The van der Waals surface area contributed by atoms with Gasteiger partial charge in [0.05, 0.1) is 17.6 Å². The maximum atomic E-state index is 13.6. The van der Waals surface area contributed by atoms with E-state index in [1.807, 2.05) is 70.7 Å². The molecule has 9 heteroatoms. The van der Waals surface area contributed by atoms with E-state index in [9.17, 15) is 9.59 Å². The number of hydrogen-bond donors (Lipinski definition) is 2. The third kappa shape index (κ3) is 4.60. The first-order valence-corrected chi connectivity index (χ1v) is 12.6. The van der Waals surface area contributed by atoms with Gasteiger partial charge in [0.1, 0.15) is 5.75 Å². The summed E-state index contributed by atoms with van der Waals surface area (Å²) in [5, 5.41) is 9.88. The molecule has 2 fully saturated rings. The molecule has 6 rings (SSSR count). The number of hydrogen-bond acceptors (Lipinski definition) is 5. The van der Waals surface area contributed by atoms with Crippen LogP contribution in [-0.2, 0) is 4.79 Å². The number of nitrogens with zero attached hydrogens (tertiary/aromatic N) is 4. The maximum absolute atomic E-state index is 13.6. The van der Waals surface area contributed by atoms with Gasteiger partial charge in [-0.25, -0.2) is 4.79 Å². The quantitative estimate of drug-likeness (QED) is 0.555. The smallest absolute Gasteiger partial charge is 0.324 e. The molecule has 0 radical (unpaired) electrons. The van der Waals surface area contributed by atoms with Crippen molar-refractivity contribution in [2.24, 2.45) is 0 Å². The van der Waals surface area contributed by atoms with E-state index >= 15 is 0 Å².